The van der Waals surface area contributed by atoms with Gasteiger partial charge in [-0.3, -0.25) is 10.1 Å². The van der Waals surface area contributed by atoms with Crippen LogP contribution < -0.4 is 5.32 Å². The molecule has 0 radical (unpaired) electrons. The highest BCUT2D eigenvalue weighted by Gasteiger charge is 2.70. The maximum Gasteiger partial charge on any atom is 0.241 e. The Kier molecular flexibility index (Phi) is 3.27. The van der Waals surface area contributed by atoms with Crippen LogP contribution in [0.25, 0.3) is 0 Å². The van der Waals surface area contributed by atoms with Gasteiger partial charge in [0, 0.05) is 10.9 Å². The minimum atomic E-state index is -0.0655. The van der Waals surface area contributed by atoms with E-state index in [1.807, 2.05) is 0 Å². The fourth-order valence-electron chi connectivity index (χ4n) is 3.89. The molecule has 1 saturated carbocycles. The van der Waals surface area contributed by atoms with E-state index in [-0.39, 0.29) is 28.9 Å². The van der Waals surface area contributed by atoms with Crippen LogP contribution in [-0.4, -0.2) is 22.9 Å². The van der Waals surface area contributed by atoms with Crippen LogP contribution in [0.5, 0.6) is 0 Å². The zero-order valence-corrected chi connectivity index (χ0v) is 14.6. The molecule has 2 aliphatic rings. The van der Waals surface area contributed by atoms with Crippen molar-refractivity contribution >= 4 is 17.2 Å². The van der Waals surface area contributed by atoms with Crippen LogP contribution in [0.4, 0.5) is 0 Å². The highest BCUT2D eigenvalue weighted by molar-refractivity contribution is 7.10. The molecule has 2 heterocycles. The zero-order chi connectivity index (χ0) is 15.6. The van der Waals surface area contributed by atoms with E-state index < -0.39 is 0 Å². The fourth-order valence-corrected chi connectivity index (χ4v) is 4.67. The maximum absolute atomic E-state index is 13.0. The summed E-state index contributed by atoms with van der Waals surface area (Å²) in [7, 11) is 0. The van der Waals surface area contributed by atoms with Crippen molar-refractivity contribution in [1.82, 2.24) is 10.2 Å². The third-order valence-electron chi connectivity index (χ3n) is 5.84. The van der Waals surface area contributed by atoms with Gasteiger partial charge in [0.15, 0.2) is 0 Å². The van der Waals surface area contributed by atoms with Crippen LogP contribution in [0.1, 0.15) is 52.6 Å². The number of carbonyl (C=O) groups excluding carboxylic acids is 1. The molecule has 0 spiro atoms. The smallest absolute Gasteiger partial charge is 0.241 e. The van der Waals surface area contributed by atoms with Gasteiger partial charge in [-0.15, -0.1) is 11.3 Å². The number of carbonyl (C=O) groups is 1. The molecule has 2 fully saturated rings. The molecule has 1 saturated heterocycles. The molecule has 21 heavy (non-hydrogen) atoms. The van der Waals surface area contributed by atoms with E-state index in [4.69, 9.17) is 0 Å². The minimum absolute atomic E-state index is 0.0379. The molecule has 1 amide bonds. The summed E-state index contributed by atoms with van der Waals surface area (Å²) in [5.41, 5.74) is 0.345. The van der Waals surface area contributed by atoms with E-state index >= 15 is 0 Å². The van der Waals surface area contributed by atoms with Crippen molar-refractivity contribution in [2.24, 2.45) is 16.7 Å². The summed E-state index contributed by atoms with van der Waals surface area (Å²) in [5, 5.41) is 5.67. The highest BCUT2D eigenvalue weighted by atomic mass is 32.1. The molecule has 116 valence electrons. The second-order valence-corrected chi connectivity index (χ2v) is 8.88. The number of hydrogen-bond donors (Lipinski definition) is 1. The molecule has 0 bridgehead atoms. The second kappa shape index (κ2) is 4.56. The largest absolute Gasteiger partial charge is 0.317 e. The Morgan fingerprint density at radius 3 is 2.29 bits per heavy atom. The summed E-state index contributed by atoms with van der Waals surface area (Å²) in [6.07, 6.45) is 0.0379. The normalized spacial score (nSPS) is 31.2. The topological polar surface area (TPSA) is 32.3 Å². The standard InChI is InChI=1S/C17H26N2OS/c1-10(2)12-14(20)19(15-16(3,4)17(15,5)6)13(18-12)11-8-7-9-21-11/h7-10,12-13,15,18H,1-6H3. The van der Waals surface area contributed by atoms with E-state index in [9.17, 15) is 4.79 Å². The molecule has 1 N–H and O–H groups in total. The van der Waals surface area contributed by atoms with Crippen molar-refractivity contribution < 1.29 is 4.79 Å². The van der Waals surface area contributed by atoms with Crippen molar-refractivity contribution in [3.8, 4) is 0 Å². The van der Waals surface area contributed by atoms with Gasteiger partial charge >= 0.3 is 0 Å². The van der Waals surface area contributed by atoms with E-state index in [0.29, 0.717) is 12.0 Å². The van der Waals surface area contributed by atoms with Gasteiger partial charge in [-0.2, -0.15) is 0 Å². The third kappa shape index (κ3) is 1.99. The average Bonchev–Trinajstić information content (AvgIpc) is 2.86. The summed E-state index contributed by atoms with van der Waals surface area (Å²) in [6.45, 7) is 13.3. The van der Waals surface area contributed by atoms with Crippen LogP contribution in [0, 0.1) is 16.7 Å². The van der Waals surface area contributed by atoms with Gasteiger partial charge in [0.1, 0.15) is 6.17 Å². The number of hydrogen-bond acceptors (Lipinski definition) is 3. The maximum atomic E-state index is 13.0. The molecule has 0 aromatic carbocycles. The quantitative estimate of drug-likeness (QED) is 0.924. The molecule has 2 atom stereocenters. The van der Waals surface area contributed by atoms with Crippen molar-refractivity contribution in [1.29, 1.82) is 0 Å². The number of rotatable bonds is 3. The Balaban J connectivity index is 1.97. The molecule has 1 aliphatic heterocycles. The number of amides is 1. The lowest BCUT2D eigenvalue weighted by Crippen LogP contribution is -2.37. The van der Waals surface area contributed by atoms with Crippen LogP contribution in [0.2, 0.25) is 0 Å². The van der Waals surface area contributed by atoms with E-state index in [2.05, 4.69) is 69.3 Å². The lowest BCUT2D eigenvalue weighted by Gasteiger charge is -2.26. The summed E-state index contributed by atoms with van der Waals surface area (Å²) >= 11 is 1.73. The van der Waals surface area contributed by atoms with Gasteiger partial charge in [-0.05, 0) is 28.2 Å². The summed E-state index contributed by atoms with van der Waals surface area (Å²) in [4.78, 5) is 16.4. The Bertz CT molecular complexity index is 533. The van der Waals surface area contributed by atoms with Crippen LogP contribution in [-0.2, 0) is 4.79 Å². The first-order valence-electron chi connectivity index (χ1n) is 7.81. The molecule has 1 aliphatic carbocycles. The van der Waals surface area contributed by atoms with Crippen LogP contribution in [0.15, 0.2) is 17.5 Å². The van der Waals surface area contributed by atoms with Gasteiger partial charge in [0.2, 0.25) is 5.91 Å². The van der Waals surface area contributed by atoms with Crippen LogP contribution >= 0.6 is 11.3 Å². The van der Waals surface area contributed by atoms with E-state index in [0.717, 1.165) is 0 Å². The molecule has 3 rings (SSSR count). The van der Waals surface area contributed by atoms with E-state index in [1.54, 1.807) is 11.3 Å². The fraction of sp³-hybridized carbons (Fsp3) is 0.706. The number of thiophene rings is 1. The monoisotopic (exact) mass is 306 g/mol. The Hall–Kier alpha value is -0.870. The molecular formula is C17H26N2OS. The summed E-state index contributed by atoms with van der Waals surface area (Å²) in [5.74, 6) is 0.585. The summed E-state index contributed by atoms with van der Waals surface area (Å²) < 4.78 is 0. The van der Waals surface area contributed by atoms with Gasteiger partial charge in [0.05, 0.1) is 6.04 Å². The van der Waals surface area contributed by atoms with Gasteiger partial charge in [-0.1, -0.05) is 47.6 Å². The van der Waals surface area contributed by atoms with Crippen molar-refractivity contribution in [2.45, 2.75) is 59.8 Å². The Morgan fingerprint density at radius 2 is 1.86 bits per heavy atom. The molecule has 2 unspecified atom stereocenters. The zero-order valence-electron chi connectivity index (χ0n) is 13.8. The lowest BCUT2D eigenvalue weighted by molar-refractivity contribution is -0.132. The first kappa shape index (κ1) is 15.0. The molecule has 1 aromatic heterocycles. The van der Waals surface area contributed by atoms with Crippen LogP contribution in [0.3, 0.4) is 0 Å². The number of nitrogens with zero attached hydrogens (tertiary/aromatic N) is 1. The van der Waals surface area contributed by atoms with Crippen molar-refractivity contribution in [2.75, 3.05) is 0 Å². The predicted octanol–water partition coefficient (Wildman–Crippen LogP) is 3.64. The highest BCUT2D eigenvalue weighted by Crippen LogP contribution is 2.66. The Morgan fingerprint density at radius 1 is 1.24 bits per heavy atom. The molecule has 1 aromatic rings. The van der Waals surface area contributed by atoms with Crippen molar-refractivity contribution in [3.05, 3.63) is 22.4 Å². The SMILES string of the molecule is CC(C)C1NC(c2cccs2)N(C2C(C)(C)C2(C)C)C1=O. The summed E-state index contributed by atoms with van der Waals surface area (Å²) in [6, 6.07) is 4.44. The Labute approximate surface area is 131 Å². The average molecular weight is 306 g/mol. The second-order valence-electron chi connectivity index (χ2n) is 7.90. The van der Waals surface area contributed by atoms with Gasteiger partial charge < -0.3 is 4.90 Å². The first-order chi connectivity index (χ1) is 9.69. The first-order valence-corrected chi connectivity index (χ1v) is 8.69. The minimum Gasteiger partial charge on any atom is -0.317 e. The predicted molar refractivity (Wildman–Crippen MR) is 87.0 cm³/mol. The van der Waals surface area contributed by atoms with Crippen molar-refractivity contribution in [3.63, 3.8) is 0 Å². The number of nitrogens with one attached hydrogen (secondary N) is 1. The molecule has 3 nitrogen and oxygen atoms in total. The van der Waals surface area contributed by atoms with E-state index in [1.165, 1.54) is 4.88 Å². The van der Waals surface area contributed by atoms with Gasteiger partial charge in [0.25, 0.3) is 0 Å². The lowest BCUT2D eigenvalue weighted by atomic mass is 10.0. The molecular weight excluding hydrogens is 280 g/mol. The van der Waals surface area contributed by atoms with Gasteiger partial charge in [-0.25, -0.2) is 0 Å². The third-order valence-corrected chi connectivity index (χ3v) is 6.76. The molecule has 4 heteroatoms.